The number of carbonyl (C=O) groups excluding carboxylic acids is 2. The van der Waals surface area contributed by atoms with E-state index in [1.165, 1.54) is 32.2 Å². The smallest absolute Gasteiger partial charge is 0.342 e. The van der Waals surface area contributed by atoms with E-state index in [2.05, 4.69) is 19.2 Å². The molecule has 0 heterocycles. The van der Waals surface area contributed by atoms with Crippen molar-refractivity contribution in [2.75, 3.05) is 12.4 Å². The van der Waals surface area contributed by atoms with Crippen LogP contribution in [0.2, 0.25) is 0 Å². The molecule has 26 heavy (non-hydrogen) atoms. The Hall–Kier alpha value is -3.02. The lowest BCUT2D eigenvalue weighted by atomic mass is 10.0. The number of carbonyl (C=O) groups is 2. The number of nitrogens with one attached hydrogen (secondary N) is 1. The van der Waals surface area contributed by atoms with Crippen LogP contribution in [0, 0.1) is 0 Å². The van der Waals surface area contributed by atoms with E-state index in [1.54, 1.807) is 12.1 Å². The zero-order valence-electron chi connectivity index (χ0n) is 15.3. The van der Waals surface area contributed by atoms with Crippen LogP contribution >= 0.6 is 0 Å². The molecule has 1 amide bonds. The molecule has 2 aromatic rings. The third kappa shape index (κ3) is 4.75. The van der Waals surface area contributed by atoms with E-state index in [-0.39, 0.29) is 11.3 Å². The molecule has 0 aliphatic carbocycles. The Balaban J connectivity index is 1.98. The van der Waals surface area contributed by atoms with Crippen molar-refractivity contribution in [1.29, 1.82) is 0 Å². The lowest BCUT2D eigenvalue weighted by molar-refractivity contribution is -0.123. The molecule has 0 radical (unpaired) electrons. The SMILES string of the molecule is COc1ccc(C(=O)O[C@H](C)C(=O)Nc2ccc(C(C)C)cc2)c(O)c1. The van der Waals surface area contributed by atoms with E-state index >= 15 is 0 Å². The van der Waals surface area contributed by atoms with Crippen LogP contribution in [0.4, 0.5) is 5.69 Å². The Morgan fingerprint density at radius 2 is 1.69 bits per heavy atom. The number of aromatic hydroxyl groups is 1. The van der Waals surface area contributed by atoms with E-state index in [4.69, 9.17) is 9.47 Å². The van der Waals surface area contributed by atoms with Crippen molar-refractivity contribution in [3.05, 3.63) is 53.6 Å². The molecule has 2 rings (SSSR count). The van der Waals surface area contributed by atoms with Crippen molar-refractivity contribution in [3.63, 3.8) is 0 Å². The van der Waals surface area contributed by atoms with E-state index < -0.39 is 18.0 Å². The molecule has 0 saturated heterocycles. The van der Waals surface area contributed by atoms with Crippen molar-refractivity contribution in [1.82, 2.24) is 0 Å². The van der Waals surface area contributed by atoms with Crippen LogP contribution in [0.5, 0.6) is 11.5 Å². The number of benzene rings is 2. The maximum Gasteiger partial charge on any atom is 0.342 e. The first kappa shape index (κ1) is 19.3. The number of anilines is 1. The summed E-state index contributed by atoms with van der Waals surface area (Å²) in [6, 6.07) is 11.7. The Morgan fingerprint density at radius 1 is 1.04 bits per heavy atom. The van der Waals surface area contributed by atoms with Gasteiger partial charge in [0.15, 0.2) is 6.10 Å². The van der Waals surface area contributed by atoms with Crippen molar-refractivity contribution < 1.29 is 24.2 Å². The first-order valence-corrected chi connectivity index (χ1v) is 8.30. The number of phenols is 1. The number of hydrogen-bond acceptors (Lipinski definition) is 5. The molecule has 1 atom stereocenters. The highest BCUT2D eigenvalue weighted by molar-refractivity contribution is 5.98. The molecular formula is C20H23NO5. The molecule has 2 aromatic carbocycles. The summed E-state index contributed by atoms with van der Waals surface area (Å²) in [5, 5.41) is 12.6. The van der Waals surface area contributed by atoms with Crippen LogP contribution in [0.1, 0.15) is 42.6 Å². The summed E-state index contributed by atoms with van der Waals surface area (Å²) in [4.78, 5) is 24.4. The van der Waals surface area contributed by atoms with Crippen molar-refractivity contribution in [3.8, 4) is 11.5 Å². The predicted molar refractivity (Wildman–Crippen MR) is 98.7 cm³/mol. The van der Waals surface area contributed by atoms with E-state index in [9.17, 15) is 14.7 Å². The maximum atomic E-state index is 12.2. The lowest BCUT2D eigenvalue weighted by Crippen LogP contribution is -2.30. The molecule has 0 fully saturated rings. The number of ether oxygens (including phenoxy) is 2. The van der Waals surface area contributed by atoms with Crippen LogP contribution in [0.15, 0.2) is 42.5 Å². The largest absolute Gasteiger partial charge is 0.507 e. The standard InChI is InChI=1S/C20H23NO5/c1-12(2)14-5-7-15(8-6-14)21-19(23)13(3)26-20(24)17-10-9-16(25-4)11-18(17)22/h5-13,22H,1-4H3,(H,21,23)/t13-/m1/s1. The topological polar surface area (TPSA) is 84.9 Å². The zero-order chi connectivity index (χ0) is 19.3. The highest BCUT2D eigenvalue weighted by Gasteiger charge is 2.21. The molecular weight excluding hydrogens is 334 g/mol. The van der Waals surface area contributed by atoms with Gasteiger partial charge in [-0.1, -0.05) is 26.0 Å². The van der Waals surface area contributed by atoms with Gasteiger partial charge in [0, 0.05) is 11.8 Å². The quantitative estimate of drug-likeness (QED) is 0.770. The highest BCUT2D eigenvalue weighted by Crippen LogP contribution is 2.24. The van der Waals surface area contributed by atoms with Gasteiger partial charge in [0.1, 0.15) is 17.1 Å². The predicted octanol–water partition coefficient (Wildman–Crippen LogP) is 3.71. The molecule has 0 bridgehead atoms. The zero-order valence-corrected chi connectivity index (χ0v) is 15.3. The fourth-order valence-corrected chi connectivity index (χ4v) is 2.28. The van der Waals surface area contributed by atoms with Gasteiger partial charge >= 0.3 is 5.97 Å². The second-order valence-electron chi connectivity index (χ2n) is 6.20. The van der Waals surface area contributed by atoms with Gasteiger partial charge in [0.25, 0.3) is 5.91 Å². The molecule has 6 heteroatoms. The molecule has 0 aromatic heterocycles. The normalized spacial score (nSPS) is 11.7. The first-order valence-electron chi connectivity index (χ1n) is 8.30. The Kier molecular flexibility index (Phi) is 6.22. The van der Waals surface area contributed by atoms with Crippen LogP contribution in [-0.4, -0.2) is 30.2 Å². The van der Waals surface area contributed by atoms with Gasteiger partial charge in [0.2, 0.25) is 0 Å². The molecule has 0 saturated carbocycles. The van der Waals surface area contributed by atoms with Gasteiger partial charge in [-0.2, -0.15) is 0 Å². The number of esters is 1. The first-order chi connectivity index (χ1) is 12.3. The second kappa shape index (κ2) is 8.38. The maximum absolute atomic E-state index is 12.2. The fourth-order valence-electron chi connectivity index (χ4n) is 2.28. The van der Waals surface area contributed by atoms with E-state index in [1.807, 2.05) is 12.1 Å². The summed E-state index contributed by atoms with van der Waals surface area (Å²) < 4.78 is 10.1. The van der Waals surface area contributed by atoms with Crippen molar-refractivity contribution in [2.45, 2.75) is 32.8 Å². The summed E-state index contributed by atoms with van der Waals surface area (Å²) in [5.41, 5.74) is 1.75. The molecule has 0 aliphatic rings. The lowest BCUT2D eigenvalue weighted by Gasteiger charge is -2.15. The number of methoxy groups -OCH3 is 1. The second-order valence-corrected chi connectivity index (χ2v) is 6.20. The van der Waals surface area contributed by atoms with Gasteiger partial charge < -0.3 is 19.9 Å². The van der Waals surface area contributed by atoms with Gasteiger partial charge in [0.05, 0.1) is 7.11 Å². The summed E-state index contributed by atoms with van der Waals surface area (Å²) >= 11 is 0. The number of hydrogen-bond donors (Lipinski definition) is 2. The van der Waals surface area contributed by atoms with Gasteiger partial charge in [-0.15, -0.1) is 0 Å². The molecule has 6 nitrogen and oxygen atoms in total. The summed E-state index contributed by atoms with van der Waals surface area (Å²) in [5.74, 6) is -0.704. The van der Waals surface area contributed by atoms with Crippen LogP contribution in [0.25, 0.3) is 0 Å². The molecule has 0 spiro atoms. The monoisotopic (exact) mass is 357 g/mol. The van der Waals surface area contributed by atoms with Gasteiger partial charge in [-0.05, 0) is 42.7 Å². The number of phenolic OH excluding ortho intramolecular Hbond substituents is 1. The molecule has 2 N–H and O–H groups in total. The van der Waals surface area contributed by atoms with E-state index in [0.29, 0.717) is 17.4 Å². The molecule has 138 valence electrons. The molecule has 0 aliphatic heterocycles. The van der Waals surface area contributed by atoms with Crippen molar-refractivity contribution >= 4 is 17.6 Å². The van der Waals surface area contributed by atoms with Gasteiger partial charge in [-0.25, -0.2) is 4.79 Å². The van der Waals surface area contributed by atoms with Crippen LogP contribution in [0.3, 0.4) is 0 Å². The Bertz CT molecular complexity index is 783. The average Bonchev–Trinajstić information content (AvgIpc) is 2.61. The summed E-state index contributed by atoms with van der Waals surface area (Å²) in [6.07, 6.45) is -1.02. The highest BCUT2D eigenvalue weighted by atomic mass is 16.5. The van der Waals surface area contributed by atoms with Crippen molar-refractivity contribution in [2.24, 2.45) is 0 Å². The Morgan fingerprint density at radius 3 is 2.23 bits per heavy atom. The fraction of sp³-hybridized carbons (Fsp3) is 0.300. The summed E-state index contributed by atoms with van der Waals surface area (Å²) in [7, 11) is 1.45. The average molecular weight is 357 g/mol. The third-order valence-corrected chi connectivity index (χ3v) is 3.92. The minimum atomic E-state index is -1.02. The minimum Gasteiger partial charge on any atom is -0.507 e. The molecule has 0 unspecified atom stereocenters. The van der Waals surface area contributed by atoms with Crippen LogP contribution < -0.4 is 10.1 Å². The summed E-state index contributed by atoms with van der Waals surface area (Å²) in [6.45, 7) is 5.64. The van der Waals surface area contributed by atoms with Crippen LogP contribution in [-0.2, 0) is 9.53 Å². The Labute approximate surface area is 152 Å². The minimum absolute atomic E-state index is 0.0354. The third-order valence-electron chi connectivity index (χ3n) is 3.92. The van der Waals surface area contributed by atoms with E-state index in [0.717, 1.165) is 5.56 Å². The number of rotatable bonds is 6. The number of amides is 1. The van der Waals surface area contributed by atoms with Gasteiger partial charge in [-0.3, -0.25) is 4.79 Å².